The van der Waals surface area contributed by atoms with Gasteiger partial charge in [-0.2, -0.15) is 0 Å². The number of rotatable bonds is 5. The molecule has 8 heteroatoms. The van der Waals surface area contributed by atoms with Crippen LogP contribution in [0.5, 0.6) is 0 Å². The van der Waals surface area contributed by atoms with E-state index in [1.807, 2.05) is 6.07 Å². The first-order valence-electron chi connectivity index (χ1n) is 11.3. The van der Waals surface area contributed by atoms with E-state index in [1.54, 1.807) is 24.4 Å². The van der Waals surface area contributed by atoms with Crippen LogP contribution < -0.4 is 10.9 Å². The van der Waals surface area contributed by atoms with Crippen LogP contribution in [0.15, 0.2) is 59.5 Å². The zero-order valence-corrected chi connectivity index (χ0v) is 18.2. The topological polar surface area (TPSA) is 91.7 Å². The molecule has 0 aliphatic carbocycles. The number of carbonyl (C=O) groups excluding carboxylic acids is 1. The smallest absolute Gasteiger partial charge is 0.270 e. The van der Waals surface area contributed by atoms with Gasteiger partial charge in [0.1, 0.15) is 11.3 Å². The molecule has 1 atom stereocenters. The molecular formula is C25H25N5O3. The third-order valence-electron chi connectivity index (χ3n) is 6.75. The average molecular weight is 444 g/mol. The van der Waals surface area contributed by atoms with Gasteiger partial charge >= 0.3 is 0 Å². The van der Waals surface area contributed by atoms with E-state index in [0.717, 1.165) is 49.1 Å². The second-order valence-corrected chi connectivity index (χ2v) is 9.05. The summed E-state index contributed by atoms with van der Waals surface area (Å²) in [6, 6.07) is 14.8. The van der Waals surface area contributed by atoms with Crippen molar-refractivity contribution in [2.24, 2.45) is 0 Å². The molecule has 1 spiro atoms. The molecule has 5 heterocycles. The fourth-order valence-electron chi connectivity index (χ4n) is 4.89. The van der Waals surface area contributed by atoms with Gasteiger partial charge in [0, 0.05) is 56.1 Å². The van der Waals surface area contributed by atoms with Gasteiger partial charge < -0.3 is 15.0 Å². The standard InChI is InChI=1S/C25H25N5O3/c31-23-13-21(28-22-3-1-2-8-30(22)23)24(32)26-14-17-4-5-18-12-19(27-20(18)11-17)15-29-9-6-25(16-29)7-10-33-25/h1-5,8,11-13,27H,6-7,9-10,14-16H2,(H,26,32). The monoisotopic (exact) mass is 443 g/mol. The van der Waals surface area contributed by atoms with Crippen molar-refractivity contribution in [1.82, 2.24) is 24.6 Å². The molecule has 0 bridgehead atoms. The number of pyridine rings is 1. The molecule has 33 heavy (non-hydrogen) atoms. The van der Waals surface area contributed by atoms with E-state index in [0.29, 0.717) is 12.2 Å². The number of H-pyrrole nitrogens is 1. The van der Waals surface area contributed by atoms with Crippen LogP contribution in [0.2, 0.25) is 0 Å². The summed E-state index contributed by atoms with van der Waals surface area (Å²) >= 11 is 0. The Hall–Kier alpha value is -3.49. The van der Waals surface area contributed by atoms with Crippen molar-refractivity contribution in [3.05, 3.63) is 82.0 Å². The maximum atomic E-state index is 12.6. The summed E-state index contributed by atoms with van der Waals surface area (Å²) in [5, 5.41) is 4.02. The minimum Gasteiger partial charge on any atom is -0.373 e. The average Bonchev–Trinajstić information content (AvgIpc) is 3.41. The minimum absolute atomic E-state index is 0.114. The number of aromatic nitrogens is 3. The van der Waals surface area contributed by atoms with Gasteiger partial charge in [0.15, 0.2) is 0 Å². The van der Waals surface area contributed by atoms with E-state index in [2.05, 4.69) is 38.4 Å². The molecule has 2 N–H and O–H groups in total. The summed E-state index contributed by atoms with van der Waals surface area (Å²) in [7, 11) is 0. The second kappa shape index (κ2) is 7.83. The maximum absolute atomic E-state index is 12.6. The number of nitrogens with one attached hydrogen (secondary N) is 2. The van der Waals surface area contributed by atoms with Gasteiger partial charge in [-0.15, -0.1) is 0 Å². The number of benzene rings is 1. The summed E-state index contributed by atoms with van der Waals surface area (Å²) < 4.78 is 7.23. The number of ether oxygens (including phenoxy) is 1. The Morgan fingerprint density at radius 3 is 2.91 bits per heavy atom. The normalized spacial score (nSPS) is 20.5. The van der Waals surface area contributed by atoms with Crippen LogP contribution in [0.3, 0.4) is 0 Å². The highest BCUT2D eigenvalue weighted by Crippen LogP contribution is 2.36. The molecule has 0 radical (unpaired) electrons. The third-order valence-corrected chi connectivity index (χ3v) is 6.75. The largest absolute Gasteiger partial charge is 0.373 e. The number of aromatic amines is 1. The molecular weight excluding hydrogens is 418 g/mol. The molecule has 2 fully saturated rings. The molecule has 2 aliphatic rings. The van der Waals surface area contributed by atoms with E-state index in [-0.39, 0.29) is 22.8 Å². The molecule has 0 saturated carbocycles. The predicted molar refractivity (Wildman–Crippen MR) is 124 cm³/mol. The second-order valence-electron chi connectivity index (χ2n) is 9.05. The SMILES string of the molecule is O=C(NCc1ccc2cc(CN3CCC4(CCO4)C3)[nH]c2c1)c1cc(=O)n2ccccc2n1. The number of hydrogen-bond acceptors (Lipinski definition) is 5. The lowest BCUT2D eigenvalue weighted by molar-refractivity contribution is -0.137. The third kappa shape index (κ3) is 3.81. The van der Waals surface area contributed by atoms with E-state index in [4.69, 9.17) is 4.74 Å². The number of hydrogen-bond donors (Lipinski definition) is 2. The lowest BCUT2D eigenvalue weighted by atomic mass is 9.94. The highest BCUT2D eigenvalue weighted by molar-refractivity contribution is 5.92. The Bertz CT molecular complexity index is 1420. The number of likely N-dealkylation sites (tertiary alicyclic amines) is 1. The highest BCUT2D eigenvalue weighted by Gasteiger charge is 2.44. The van der Waals surface area contributed by atoms with Crippen LogP contribution in [0.4, 0.5) is 0 Å². The molecule has 2 aliphatic heterocycles. The van der Waals surface area contributed by atoms with Crippen LogP contribution >= 0.6 is 0 Å². The Morgan fingerprint density at radius 2 is 2.09 bits per heavy atom. The Morgan fingerprint density at radius 1 is 1.18 bits per heavy atom. The molecule has 1 unspecified atom stereocenters. The molecule has 168 valence electrons. The van der Waals surface area contributed by atoms with Crippen LogP contribution in [0, 0.1) is 0 Å². The lowest BCUT2D eigenvalue weighted by Gasteiger charge is -2.38. The Kier molecular flexibility index (Phi) is 4.78. The Labute approximate surface area is 190 Å². The van der Waals surface area contributed by atoms with Gasteiger partial charge in [-0.25, -0.2) is 4.98 Å². The Balaban J connectivity index is 1.13. The first kappa shape index (κ1) is 20.1. The minimum atomic E-state index is -0.369. The molecule has 4 aromatic rings. The first-order chi connectivity index (χ1) is 16.1. The molecule has 1 amide bonds. The zero-order chi connectivity index (χ0) is 22.4. The van der Waals surface area contributed by atoms with Crippen molar-refractivity contribution in [2.45, 2.75) is 31.5 Å². The number of carbonyl (C=O) groups is 1. The quantitative estimate of drug-likeness (QED) is 0.495. The summed E-state index contributed by atoms with van der Waals surface area (Å²) in [4.78, 5) is 35.1. The van der Waals surface area contributed by atoms with Crippen LogP contribution in [0.25, 0.3) is 16.6 Å². The van der Waals surface area contributed by atoms with Gasteiger partial charge in [0.05, 0.1) is 12.2 Å². The van der Waals surface area contributed by atoms with Crippen molar-refractivity contribution in [2.75, 3.05) is 19.7 Å². The summed E-state index contributed by atoms with van der Waals surface area (Å²) in [5.74, 6) is -0.369. The predicted octanol–water partition coefficient (Wildman–Crippen LogP) is 2.47. The number of amides is 1. The van der Waals surface area contributed by atoms with Gasteiger partial charge in [0.2, 0.25) is 0 Å². The van der Waals surface area contributed by atoms with Gasteiger partial charge in [-0.1, -0.05) is 18.2 Å². The van der Waals surface area contributed by atoms with Crippen molar-refractivity contribution in [3.63, 3.8) is 0 Å². The van der Waals surface area contributed by atoms with E-state index in [9.17, 15) is 9.59 Å². The highest BCUT2D eigenvalue weighted by atomic mass is 16.5. The van der Waals surface area contributed by atoms with Crippen molar-refractivity contribution < 1.29 is 9.53 Å². The van der Waals surface area contributed by atoms with Gasteiger partial charge in [-0.3, -0.25) is 18.9 Å². The van der Waals surface area contributed by atoms with Gasteiger partial charge in [-0.05, 0) is 41.6 Å². The van der Waals surface area contributed by atoms with Crippen molar-refractivity contribution >= 4 is 22.5 Å². The zero-order valence-electron chi connectivity index (χ0n) is 18.2. The van der Waals surface area contributed by atoms with E-state index in [1.165, 1.54) is 22.6 Å². The van der Waals surface area contributed by atoms with Crippen LogP contribution in [-0.2, 0) is 17.8 Å². The molecule has 1 aromatic carbocycles. The van der Waals surface area contributed by atoms with Crippen LogP contribution in [0.1, 0.15) is 34.6 Å². The first-order valence-corrected chi connectivity index (χ1v) is 11.3. The van der Waals surface area contributed by atoms with E-state index >= 15 is 0 Å². The summed E-state index contributed by atoms with van der Waals surface area (Å²) in [6.45, 7) is 4.21. The fraction of sp³-hybridized carbons (Fsp3) is 0.320. The summed E-state index contributed by atoms with van der Waals surface area (Å²) in [6.07, 6.45) is 3.93. The molecule has 8 nitrogen and oxygen atoms in total. The number of nitrogens with zero attached hydrogens (tertiary/aromatic N) is 3. The molecule has 6 rings (SSSR count). The van der Waals surface area contributed by atoms with Gasteiger partial charge in [0.25, 0.3) is 11.5 Å². The molecule has 3 aromatic heterocycles. The maximum Gasteiger partial charge on any atom is 0.270 e. The van der Waals surface area contributed by atoms with Crippen molar-refractivity contribution in [3.8, 4) is 0 Å². The summed E-state index contributed by atoms with van der Waals surface area (Å²) in [5.41, 5.74) is 3.61. The van der Waals surface area contributed by atoms with E-state index < -0.39 is 0 Å². The number of fused-ring (bicyclic) bond motifs is 2. The molecule has 2 saturated heterocycles. The lowest BCUT2D eigenvalue weighted by Crippen LogP contribution is -2.45. The fourth-order valence-corrected chi connectivity index (χ4v) is 4.89. The van der Waals surface area contributed by atoms with Crippen LogP contribution in [-0.4, -0.2) is 50.5 Å². The van der Waals surface area contributed by atoms with Crippen molar-refractivity contribution in [1.29, 1.82) is 0 Å².